The van der Waals surface area contributed by atoms with E-state index in [1.54, 1.807) is 0 Å². The highest BCUT2D eigenvalue weighted by Crippen LogP contribution is 2.27. The second-order valence-corrected chi connectivity index (χ2v) is 6.94. The van der Waals surface area contributed by atoms with Crippen LogP contribution in [0.5, 0.6) is 0 Å². The third-order valence-corrected chi connectivity index (χ3v) is 3.65. The summed E-state index contributed by atoms with van der Waals surface area (Å²) < 4.78 is 0. The Bertz CT molecular complexity index is 422. The molecule has 0 saturated carbocycles. The zero-order valence-electron chi connectivity index (χ0n) is 12.9. The predicted molar refractivity (Wildman–Crippen MR) is 82.8 cm³/mol. The van der Waals surface area contributed by atoms with Gasteiger partial charge < -0.3 is 10.2 Å². The van der Waals surface area contributed by atoms with Crippen molar-refractivity contribution in [3.63, 3.8) is 0 Å². The molecule has 0 bridgehead atoms. The van der Waals surface area contributed by atoms with Gasteiger partial charge in [0.25, 0.3) is 0 Å². The number of rotatable bonds is 2. The number of nitrogens with zero attached hydrogens (tertiary/aromatic N) is 2. The number of nitrogens with one attached hydrogen (secondary N) is 1. The molecule has 0 spiro atoms. The quantitative estimate of drug-likeness (QED) is 0.874. The highest BCUT2D eigenvalue weighted by atomic mass is 15.2. The van der Waals surface area contributed by atoms with Crippen molar-refractivity contribution in [2.45, 2.75) is 59.0 Å². The third-order valence-electron chi connectivity index (χ3n) is 3.65. The standard InChI is InChI=1S/C16H27N3/c1-12-9-10-13(2)19(11-12)15-8-6-7-14(17-15)18-16(3,4)5/h6-8,12-13H,9-11H2,1-5H3,(H,17,18). The first-order chi connectivity index (χ1) is 8.85. The monoisotopic (exact) mass is 261 g/mol. The summed E-state index contributed by atoms with van der Waals surface area (Å²) in [5, 5.41) is 3.45. The average Bonchev–Trinajstić information content (AvgIpc) is 2.30. The van der Waals surface area contributed by atoms with E-state index in [0.717, 1.165) is 24.1 Å². The molecular weight excluding hydrogens is 234 g/mol. The SMILES string of the molecule is CC1CCC(C)N(c2cccc(NC(C)(C)C)n2)C1. The molecule has 19 heavy (non-hydrogen) atoms. The van der Waals surface area contributed by atoms with Crippen molar-refractivity contribution in [3.05, 3.63) is 18.2 Å². The zero-order chi connectivity index (χ0) is 14.0. The van der Waals surface area contributed by atoms with Crippen LogP contribution in [0, 0.1) is 5.92 Å². The van der Waals surface area contributed by atoms with Crippen LogP contribution < -0.4 is 10.2 Å². The Morgan fingerprint density at radius 1 is 1.21 bits per heavy atom. The van der Waals surface area contributed by atoms with Gasteiger partial charge in [0.15, 0.2) is 0 Å². The maximum absolute atomic E-state index is 4.78. The third kappa shape index (κ3) is 3.85. The summed E-state index contributed by atoms with van der Waals surface area (Å²) in [4.78, 5) is 7.23. The van der Waals surface area contributed by atoms with Gasteiger partial charge in [-0.3, -0.25) is 0 Å². The summed E-state index contributed by atoms with van der Waals surface area (Å²) in [6.45, 7) is 12.2. The maximum atomic E-state index is 4.78. The minimum absolute atomic E-state index is 0.0480. The van der Waals surface area contributed by atoms with Gasteiger partial charge in [0, 0.05) is 18.1 Å². The van der Waals surface area contributed by atoms with E-state index in [-0.39, 0.29) is 5.54 Å². The number of pyridine rings is 1. The minimum atomic E-state index is 0.0480. The molecule has 3 nitrogen and oxygen atoms in total. The summed E-state index contributed by atoms with van der Waals surface area (Å²) in [5.41, 5.74) is 0.0480. The Kier molecular flexibility index (Phi) is 4.02. The van der Waals surface area contributed by atoms with Crippen LogP contribution >= 0.6 is 0 Å². The van der Waals surface area contributed by atoms with Crippen LogP contribution in [-0.2, 0) is 0 Å². The molecule has 1 N–H and O–H groups in total. The van der Waals surface area contributed by atoms with Crippen molar-refractivity contribution in [2.24, 2.45) is 5.92 Å². The van der Waals surface area contributed by atoms with E-state index in [1.807, 2.05) is 6.07 Å². The van der Waals surface area contributed by atoms with Gasteiger partial charge in [0.05, 0.1) is 0 Å². The van der Waals surface area contributed by atoms with Gasteiger partial charge in [0.1, 0.15) is 11.6 Å². The molecule has 2 atom stereocenters. The van der Waals surface area contributed by atoms with E-state index < -0.39 is 0 Å². The molecule has 106 valence electrons. The van der Waals surface area contributed by atoms with E-state index in [0.29, 0.717) is 6.04 Å². The average molecular weight is 261 g/mol. The molecule has 2 unspecified atom stereocenters. The molecule has 2 heterocycles. The normalized spacial score (nSPS) is 24.4. The summed E-state index contributed by atoms with van der Waals surface area (Å²) in [7, 11) is 0. The smallest absolute Gasteiger partial charge is 0.131 e. The molecule has 1 aromatic heterocycles. The van der Waals surface area contributed by atoms with Crippen molar-refractivity contribution in [2.75, 3.05) is 16.8 Å². The Hall–Kier alpha value is -1.25. The second kappa shape index (κ2) is 5.40. The molecule has 0 amide bonds. The largest absolute Gasteiger partial charge is 0.365 e. The summed E-state index contributed by atoms with van der Waals surface area (Å²) >= 11 is 0. The van der Waals surface area contributed by atoms with E-state index in [4.69, 9.17) is 4.98 Å². The van der Waals surface area contributed by atoms with Crippen LogP contribution in [0.15, 0.2) is 18.2 Å². The van der Waals surface area contributed by atoms with Crippen LogP contribution in [-0.4, -0.2) is 23.1 Å². The number of hydrogen-bond acceptors (Lipinski definition) is 3. The second-order valence-electron chi connectivity index (χ2n) is 6.94. The van der Waals surface area contributed by atoms with E-state index >= 15 is 0 Å². The van der Waals surface area contributed by atoms with E-state index in [1.165, 1.54) is 12.8 Å². The highest BCUT2D eigenvalue weighted by molar-refractivity contribution is 5.49. The topological polar surface area (TPSA) is 28.2 Å². The molecule has 1 aliphatic heterocycles. The Balaban J connectivity index is 2.18. The summed E-state index contributed by atoms with van der Waals surface area (Å²) in [5.74, 6) is 2.83. The van der Waals surface area contributed by atoms with Crippen molar-refractivity contribution in [3.8, 4) is 0 Å². The van der Waals surface area contributed by atoms with Crippen LogP contribution in [0.3, 0.4) is 0 Å². The lowest BCUT2D eigenvalue weighted by Crippen LogP contribution is -2.41. The molecule has 1 aliphatic rings. The molecule has 0 aliphatic carbocycles. The number of aromatic nitrogens is 1. The van der Waals surface area contributed by atoms with Crippen molar-refractivity contribution < 1.29 is 0 Å². The molecule has 1 saturated heterocycles. The Morgan fingerprint density at radius 3 is 2.63 bits per heavy atom. The number of hydrogen-bond donors (Lipinski definition) is 1. The lowest BCUT2D eigenvalue weighted by atomic mass is 9.95. The van der Waals surface area contributed by atoms with Crippen LogP contribution in [0.1, 0.15) is 47.5 Å². The molecule has 0 aromatic carbocycles. The fraction of sp³-hybridized carbons (Fsp3) is 0.688. The van der Waals surface area contributed by atoms with Crippen molar-refractivity contribution in [1.29, 1.82) is 0 Å². The molecule has 1 fully saturated rings. The summed E-state index contributed by atoms with van der Waals surface area (Å²) in [6, 6.07) is 6.87. The zero-order valence-corrected chi connectivity index (χ0v) is 12.9. The Labute approximate surface area is 117 Å². The van der Waals surface area contributed by atoms with E-state index in [9.17, 15) is 0 Å². The highest BCUT2D eigenvalue weighted by Gasteiger charge is 2.24. The molecular formula is C16H27N3. The molecule has 2 rings (SSSR count). The number of piperidine rings is 1. The molecule has 1 aromatic rings. The van der Waals surface area contributed by atoms with Gasteiger partial charge in [-0.05, 0) is 58.6 Å². The van der Waals surface area contributed by atoms with Gasteiger partial charge in [-0.15, -0.1) is 0 Å². The summed E-state index contributed by atoms with van der Waals surface area (Å²) in [6.07, 6.45) is 2.59. The predicted octanol–water partition coefficient (Wildman–Crippen LogP) is 3.92. The van der Waals surface area contributed by atoms with Crippen molar-refractivity contribution >= 4 is 11.6 Å². The van der Waals surface area contributed by atoms with Gasteiger partial charge in [-0.2, -0.15) is 0 Å². The molecule has 3 heteroatoms. The Morgan fingerprint density at radius 2 is 1.95 bits per heavy atom. The lowest BCUT2D eigenvalue weighted by Gasteiger charge is -2.38. The molecule has 0 radical (unpaired) electrons. The van der Waals surface area contributed by atoms with Gasteiger partial charge >= 0.3 is 0 Å². The van der Waals surface area contributed by atoms with Crippen LogP contribution in [0.2, 0.25) is 0 Å². The first kappa shape index (κ1) is 14.2. The lowest BCUT2D eigenvalue weighted by molar-refractivity contribution is 0.388. The van der Waals surface area contributed by atoms with Gasteiger partial charge in [0.2, 0.25) is 0 Å². The van der Waals surface area contributed by atoms with E-state index in [2.05, 4.69) is 57.0 Å². The fourth-order valence-electron chi connectivity index (χ4n) is 2.64. The number of anilines is 2. The fourth-order valence-corrected chi connectivity index (χ4v) is 2.64. The first-order valence-corrected chi connectivity index (χ1v) is 7.37. The maximum Gasteiger partial charge on any atom is 0.131 e. The van der Waals surface area contributed by atoms with Gasteiger partial charge in [-0.25, -0.2) is 4.98 Å². The van der Waals surface area contributed by atoms with Crippen LogP contribution in [0.25, 0.3) is 0 Å². The van der Waals surface area contributed by atoms with Gasteiger partial charge in [-0.1, -0.05) is 13.0 Å². The first-order valence-electron chi connectivity index (χ1n) is 7.37. The minimum Gasteiger partial charge on any atom is -0.365 e. The van der Waals surface area contributed by atoms with Crippen LogP contribution in [0.4, 0.5) is 11.6 Å². The van der Waals surface area contributed by atoms with Crippen molar-refractivity contribution in [1.82, 2.24) is 4.98 Å².